The van der Waals surface area contributed by atoms with E-state index in [9.17, 15) is 0 Å². The molecule has 0 fully saturated rings. The van der Waals surface area contributed by atoms with Gasteiger partial charge in [-0.15, -0.1) is 11.3 Å². The molecule has 3 rings (SSSR count). The van der Waals surface area contributed by atoms with Crippen LogP contribution in [0, 0.1) is 0 Å². The minimum atomic E-state index is 0.606. The molecule has 0 aliphatic carbocycles. The third-order valence-electron chi connectivity index (χ3n) is 3.00. The van der Waals surface area contributed by atoms with Crippen molar-refractivity contribution < 1.29 is 0 Å². The van der Waals surface area contributed by atoms with Crippen molar-refractivity contribution in [2.45, 2.75) is 19.8 Å². The molecule has 0 aliphatic heterocycles. The van der Waals surface area contributed by atoms with Gasteiger partial charge >= 0.3 is 0 Å². The summed E-state index contributed by atoms with van der Waals surface area (Å²) in [5, 5.41) is 3.29. The minimum Gasteiger partial charge on any atom is -0.340 e. The van der Waals surface area contributed by atoms with Crippen molar-refractivity contribution >= 4 is 38.9 Å². The highest BCUT2D eigenvalue weighted by molar-refractivity contribution is 7.16. The van der Waals surface area contributed by atoms with Gasteiger partial charge in [-0.2, -0.15) is 0 Å². The Morgan fingerprint density at radius 1 is 1.19 bits per heavy atom. The van der Waals surface area contributed by atoms with Crippen molar-refractivity contribution in [1.29, 1.82) is 0 Å². The number of hydrazine groups is 1. The number of nitrogens with zero attached hydrogens (tertiary/aromatic N) is 3. The van der Waals surface area contributed by atoms with Crippen molar-refractivity contribution in [3.63, 3.8) is 0 Å². The third-order valence-corrected chi connectivity index (χ3v) is 3.79. The number of fused-ring (bicyclic) bond motifs is 1. The lowest BCUT2D eigenvalue weighted by atomic mass is 10.3. The summed E-state index contributed by atoms with van der Waals surface area (Å²) < 4.78 is 1.14. The molecule has 21 heavy (non-hydrogen) atoms. The van der Waals surface area contributed by atoms with Crippen LogP contribution in [0.2, 0.25) is 0 Å². The number of anilines is 3. The Labute approximate surface area is 126 Å². The fourth-order valence-corrected chi connectivity index (χ4v) is 2.77. The summed E-state index contributed by atoms with van der Waals surface area (Å²) in [6.45, 7) is 2.09. The summed E-state index contributed by atoms with van der Waals surface area (Å²) in [6.07, 6.45) is 1.80. The van der Waals surface area contributed by atoms with E-state index in [1.165, 1.54) is 0 Å². The zero-order valence-electron chi connectivity index (χ0n) is 11.6. The van der Waals surface area contributed by atoms with Crippen LogP contribution in [-0.2, 0) is 6.42 Å². The van der Waals surface area contributed by atoms with Gasteiger partial charge in [-0.1, -0.05) is 6.92 Å². The predicted molar refractivity (Wildman–Crippen MR) is 86.7 cm³/mol. The van der Waals surface area contributed by atoms with Crippen LogP contribution in [-0.4, -0.2) is 15.0 Å². The molecule has 0 saturated carbocycles. The lowest BCUT2D eigenvalue weighted by molar-refractivity contribution is 0.837. The van der Waals surface area contributed by atoms with Gasteiger partial charge in [-0.3, -0.25) is 0 Å². The van der Waals surface area contributed by atoms with E-state index in [0.29, 0.717) is 5.82 Å². The Kier molecular flexibility index (Phi) is 3.94. The largest absolute Gasteiger partial charge is 0.340 e. The second-order valence-electron chi connectivity index (χ2n) is 4.61. The molecule has 108 valence electrons. The third kappa shape index (κ3) is 3.09. The number of hydrogen-bond donors (Lipinski definition) is 3. The second-order valence-corrected chi connectivity index (χ2v) is 5.50. The zero-order chi connectivity index (χ0) is 14.7. The van der Waals surface area contributed by atoms with E-state index in [1.54, 1.807) is 17.4 Å². The second kappa shape index (κ2) is 6.02. The number of thiazole rings is 1. The van der Waals surface area contributed by atoms with Crippen LogP contribution in [0.5, 0.6) is 0 Å². The normalized spacial score (nSPS) is 10.8. The summed E-state index contributed by atoms with van der Waals surface area (Å²) in [4.78, 5) is 13.1. The number of aromatic nitrogens is 3. The van der Waals surface area contributed by atoms with E-state index in [0.717, 1.165) is 40.4 Å². The van der Waals surface area contributed by atoms with Crippen LogP contribution in [0.4, 0.5) is 17.3 Å². The van der Waals surface area contributed by atoms with Crippen molar-refractivity contribution in [3.05, 3.63) is 35.6 Å². The van der Waals surface area contributed by atoms with E-state index in [-0.39, 0.29) is 0 Å². The van der Waals surface area contributed by atoms with E-state index in [4.69, 9.17) is 5.84 Å². The predicted octanol–water partition coefficient (Wildman–Crippen LogP) is 3.07. The van der Waals surface area contributed by atoms with E-state index < -0.39 is 0 Å². The highest BCUT2D eigenvalue weighted by Gasteiger charge is 2.05. The lowest BCUT2D eigenvalue weighted by Gasteiger charge is -2.09. The fraction of sp³-hybridized carbons (Fsp3) is 0.214. The van der Waals surface area contributed by atoms with Gasteiger partial charge in [0.2, 0.25) is 0 Å². The molecular weight excluding hydrogens is 284 g/mol. The number of nitrogens with one attached hydrogen (secondary N) is 2. The number of rotatable bonds is 5. The van der Waals surface area contributed by atoms with Crippen LogP contribution >= 0.6 is 11.3 Å². The van der Waals surface area contributed by atoms with Crippen LogP contribution in [0.15, 0.2) is 29.8 Å². The highest BCUT2D eigenvalue weighted by Crippen LogP contribution is 2.24. The van der Waals surface area contributed by atoms with Gasteiger partial charge in [0.05, 0.1) is 15.7 Å². The SMILES string of the molecule is CCCc1nc(NN)cc(Nc2ccc3ncsc3c2)n1. The maximum absolute atomic E-state index is 5.46. The molecule has 2 heterocycles. The van der Waals surface area contributed by atoms with Crippen molar-refractivity contribution in [3.8, 4) is 0 Å². The van der Waals surface area contributed by atoms with Crippen molar-refractivity contribution in [2.75, 3.05) is 10.7 Å². The summed E-state index contributed by atoms with van der Waals surface area (Å²) in [5.41, 5.74) is 6.39. The van der Waals surface area contributed by atoms with Crippen molar-refractivity contribution in [1.82, 2.24) is 15.0 Å². The topological polar surface area (TPSA) is 88.8 Å². The van der Waals surface area contributed by atoms with Gasteiger partial charge in [-0.25, -0.2) is 20.8 Å². The smallest absolute Gasteiger partial charge is 0.145 e. The van der Waals surface area contributed by atoms with Gasteiger partial charge in [0.15, 0.2) is 0 Å². The monoisotopic (exact) mass is 300 g/mol. The summed E-state index contributed by atoms with van der Waals surface area (Å²) in [7, 11) is 0. The van der Waals surface area contributed by atoms with Crippen molar-refractivity contribution in [2.24, 2.45) is 5.84 Å². The highest BCUT2D eigenvalue weighted by atomic mass is 32.1. The molecule has 0 bridgehead atoms. The first kappa shape index (κ1) is 13.7. The molecule has 0 atom stereocenters. The Morgan fingerprint density at radius 2 is 2.05 bits per heavy atom. The van der Waals surface area contributed by atoms with Crippen LogP contribution < -0.4 is 16.6 Å². The van der Waals surface area contributed by atoms with E-state index in [2.05, 4.69) is 38.7 Å². The van der Waals surface area contributed by atoms with Gasteiger partial charge in [-0.05, 0) is 24.6 Å². The average molecular weight is 300 g/mol. The molecule has 0 spiro atoms. The molecule has 0 radical (unpaired) electrons. The van der Waals surface area contributed by atoms with Gasteiger partial charge in [0.1, 0.15) is 17.5 Å². The first-order valence-corrected chi connectivity index (χ1v) is 7.61. The summed E-state index contributed by atoms with van der Waals surface area (Å²) in [5.74, 6) is 7.57. The first-order chi connectivity index (χ1) is 10.3. The average Bonchev–Trinajstić information content (AvgIpc) is 2.95. The number of hydrogen-bond acceptors (Lipinski definition) is 7. The fourth-order valence-electron chi connectivity index (χ4n) is 2.05. The summed E-state index contributed by atoms with van der Waals surface area (Å²) in [6, 6.07) is 7.82. The number of nitrogen functional groups attached to an aromatic ring is 1. The quantitative estimate of drug-likeness (QED) is 0.496. The standard InChI is InChI=1S/C14H16N6S/c1-2-3-12-18-13(7-14(19-12)20-15)17-9-4-5-10-11(6-9)21-8-16-10/h4-8H,2-3,15H2,1H3,(H2,17,18,19,20). The molecular formula is C14H16N6S. The molecule has 0 saturated heterocycles. The molecule has 4 N–H and O–H groups in total. The molecule has 0 amide bonds. The molecule has 0 unspecified atom stereocenters. The van der Waals surface area contributed by atoms with E-state index >= 15 is 0 Å². The molecule has 2 aromatic heterocycles. The first-order valence-electron chi connectivity index (χ1n) is 6.73. The Balaban J connectivity index is 1.90. The number of benzene rings is 1. The van der Waals surface area contributed by atoms with Crippen LogP contribution in [0.3, 0.4) is 0 Å². The Morgan fingerprint density at radius 3 is 2.86 bits per heavy atom. The Hall–Kier alpha value is -2.25. The molecule has 7 heteroatoms. The minimum absolute atomic E-state index is 0.606. The van der Waals surface area contributed by atoms with Crippen LogP contribution in [0.25, 0.3) is 10.2 Å². The van der Waals surface area contributed by atoms with E-state index in [1.807, 2.05) is 17.6 Å². The van der Waals surface area contributed by atoms with Gasteiger partial charge in [0.25, 0.3) is 0 Å². The number of nitrogens with two attached hydrogens (primary N) is 1. The van der Waals surface area contributed by atoms with Crippen LogP contribution in [0.1, 0.15) is 19.2 Å². The maximum atomic E-state index is 5.46. The molecule has 3 aromatic rings. The zero-order valence-corrected chi connectivity index (χ0v) is 12.4. The molecule has 1 aromatic carbocycles. The van der Waals surface area contributed by atoms with Gasteiger partial charge < -0.3 is 10.7 Å². The maximum Gasteiger partial charge on any atom is 0.145 e. The summed E-state index contributed by atoms with van der Waals surface area (Å²) >= 11 is 1.61. The molecule has 6 nitrogen and oxygen atoms in total. The lowest BCUT2D eigenvalue weighted by Crippen LogP contribution is -2.11. The molecule has 0 aliphatic rings. The Bertz CT molecular complexity index is 754. The number of aryl methyl sites for hydroxylation is 1. The van der Waals surface area contributed by atoms with Gasteiger partial charge in [0, 0.05) is 18.2 Å².